The maximum Gasteiger partial charge on any atom is 0.220 e. The first-order valence-corrected chi connectivity index (χ1v) is 12.3. The highest BCUT2D eigenvalue weighted by Crippen LogP contribution is 2.26. The van der Waals surface area contributed by atoms with Crippen molar-refractivity contribution < 1.29 is 9.53 Å². The van der Waals surface area contributed by atoms with E-state index in [0.29, 0.717) is 13.0 Å². The van der Waals surface area contributed by atoms with Gasteiger partial charge in [-0.05, 0) is 56.0 Å². The number of benzene rings is 2. The molecular weight excluding hydrogens is 418 g/mol. The summed E-state index contributed by atoms with van der Waals surface area (Å²) in [6.07, 6.45) is 3.34. The Morgan fingerprint density at radius 3 is 2.59 bits per heavy atom. The fourth-order valence-corrected chi connectivity index (χ4v) is 4.86. The third-order valence-corrected chi connectivity index (χ3v) is 6.73. The zero-order valence-corrected chi connectivity index (χ0v) is 19.4. The number of aromatic nitrogens is 1. The number of ether oxygens (including phenoxy) is 1. The topological polar surface area (TPSA) is 54.5 Å². The minimum absolute atomic E-state index is 0.159. The SMILES string of the molecule is CCOc1ccc(-c2nc(CN3CCC(NC(=O)CCc4ccccc4)CC3)cs2)cc1. The van der Waals surface area contributed by atoms with Crippen LogP contribution in [0.3, 0.4) is 0 Å². The van der Waals surface area contributed by atoms with Gasteiger partial charge in [0.2, 0.25) is 5.91 Å². The summed E-state index contributed by atoms with van der Waals surface area (Å²) in [7, 11) is 0. The van der Waals surface area contributed by atoms with Gasteiger partial charge in [0.15, 0.2) is 0 Å². The van der Waals surface area contributed by atoms with E-state index in [2.05, 4.69) is 39.9 Å². The third kappa shape index (κ3) is 6.40. The maximum absolute atomic E-state index is 12.3. The number of hydrogen-bond acceptors (Lipinski definition) is 5. The molecule has 1 aliphatic heterocycles. The van der Waals surface area contributed by atoms with E-state index in [-0.39, 0.29) is 11.9 Å². The predicted molar refractivity (Wildman–Crippen MR) is 130 cm³/mol. The second-order valence-electron chi connectivity index (χ2n) is 8.20. The molecule has 0 aliphatic carbocycles. The Kier molecular flexibility index (Phi) is 7.91. The molecule has 0 bridgehead atoms. The summed E-state index contributed by atoms with van der Waals surface area (Å²) in [6, 6.07) is 18.6. The number of piperidine rings is 1. The number of aryl methyl sites for hydroxylation is 1. The molecule has 1 amide bonds. The first-order chi connectivity index (χ1) is 15.7. The van der Waals surface area contributed by atoms with Crippen molar-refractivity contribution in [2.75, 3.05) is 19.7 Å². The van der Waals surface area contributed by atoms with Crippen LogP contribution in [-0.2, 0) is 17.8 Å². The lowest BCUT2D eigenvalue weighted by atomic mass is 10.0. The molecule has 0 spiro atoms. The smallest absolute Gasteiger partial charge is 0.220 e. The van der Waals surface area contributed by atoms with Crippen molar-refractivity contribution in [1.29, 1.82) is 0 Å². The zero-order chi connectivity index (χ0) is 22.2. The maximum atomic E-state index is 12.3. The molecule has 1 N–H and O–H groups in total. The second-order valence-corrected chi connectivity index (χ2v) is 9.06. The lowest BCUT2D eigenvalue weighted by Crippen LogP contribution is -2.44. The first-order valence-electron chi connectivity index (χ1n) is 11.4. The van der Waals surface area contributed by atoms with Crippen molar-refractivity contribution in [3.8, 4) is 16.3 Å². The zero-order valence-electron chi connectivity index (χ0n) is 18.6. The number of amides is 1. The van der Waals surface area contributed by atoms with E-state index >= 15 is 0 Å². The molecule has 5 nitrogen and oxygen atoms in total. The van der Waals surface area contributed by atoms with Crippen LogP contribution in [-0.4, -0.2) is 41.5 Å². The largest absolute Gasteiger partial charge is 0.494 e. The molecule has 0 unspecified atom stereocenters. The number of nitrogens with one attached hydrogen (secondary N) is 1. The number of hydrogen-bond donors (Lipinski definition) is 1. The van der Waals surface area contributed by atoms with E-state index in [4.69, 9.17) is 9.72 Å². The van der Waals surface area contributed by atoms with Crippen LogP contribution in [0, 0.1) is 0 Å². The molecule has 0 saturated carbocycles. The fraction of sp³-hybridized carbons (Fsp3) is 0.385. The van der Waals surface area contributed by atoms with Crippen LogP contribution in [0.4, 0.5) is 0 Å². The summed E-state index contributed by atoms with van der Waals surface area (Å²) in [5.41, 5.74) is 3.45. The molecule has 3 aromatic rings. The van der Waals surface area contributed by atoms with Crippen LogP contribution in [0.25, 0.3) is 10.6 Å². The van der Waals surface area contributed by atoms with E-state index in [9.17, 15) is 4.79 Å². The third-order valence-electron chi connectivity index (χ3n) is 5.79. The van der Waals surface area contributed by atoms with Gasteiger partial charge in [-0.1, -0.05) is 30.3 Å². The average Bonchev–Trinajstić information content (AvgIpc) is 3.29. The molecule has 0 atom stereocenters. The van der Waals surface area contributed by atoms with Crippen LogP contribution in [0.5, 0.6) is 5.75 Å². The molecule has 168 valence electrons. The summed E-state index contributed by atoms with van der Waals surface area (Å²) >= 11 is 1.69. The Morgan fingerprint density at radius 1 is 1.12 bits per heavy atom. The number of likely N-dealkylation sites (tertiary alicyclic amines) is 1. The van der Waals surface area contributed by atoms with Crippen molar-refractivity contribution in [1.82, 2.24) is 15.2 Å². The van der Waals surface area contributed by atoms with E-state index in [1.165, 1.54) is 5.56 Å². The Balaban J connectivity index is 1.20. The van der Waals surface area contributed by atoms with Gasteiger partial charge in [-0.25, -0.2) is 4.98 Å². The molecule has 1 saturated heterocycles. The van der Waals surface area contributed by atoms with Gasteiger partial charge >= 0.3 is 0 Å². The molecule has 2 heterocycles. The van der Waals surface area contributed by atoms with E-state index < -0.39 is 0 Å². The molecule has 32 heavy (non-hydrogen) atoms. The Hall–Kier alpha value is -2.70. The van der Waals surface area contributed by atoms with Crippen LogP contribution >= 0.6 is 11.3 Å². The van der Waals surface area contributed by atoms with Crippen LogP contribution in [0.15, 0.2) is 60.0 Å². The van der Waals surface area contributed by atoms with E-state index in [1.807, 2.05) is 37.3 Å². The number of rotatable bonds is 9. The van der Waals surface area contributed by atoms with Gasteiger partial charge < -0.3 is 10.1 Å². The van der Waals surface area contributed by atoms with Gasteiger partial charge in [0.25, 0.3) is 0 Å². The van der Waals surface area contributed by atoms with Crippen LogP contribution in [0.1, 0.15) is 37.4 Å². The molecule has 4 rings (SSSR count). The van der Waals surface area contributed by atoms with E-state index in [0.717, 1.165) is 60.9 Å². The van der Waals surface area contributed by atoms with Crippen molar-refractivity contribution in [2.45, 2.75) is 45.2 Å². The lowest BCUT2D eigenvalue weighted by Gasteiger charge is -2.31. The molecule has 6 heteroatoms. The normalized spacial score (nSPS) is 14.9. The van der Waals surface area contributed by atoms with Crippen LogP contribution < -0.4 is 10.1 Å². The minimum Gasteiger partial charge on any atom is -0.494 e. The number of thiazole rings is 1. The molecule has 1 aliphatic rings. The Bertz CT molecular complexity index is 980. The number of carbonyl (C=O) groups excluding carboxylic acids is 1. The van der Waals surface area contributed by atoms with Crippen molar-refractivity contribution >= 4 is 17.2 Å². The monoisotopic (exact) mass is 449 g/mol. The van der Waals surface area contributed by atoms with Gasteiger partial charge in [0.05, 0.1) is 12.3 Å². The highest BCUT2D eigenvalue weighted by Gasteiger charge is 2.21. The highest BCUT2D eigenvalue weighted by molar-refractivity contribution is 7.13. The van der Waals surface area contributed by atoms with Crippen molar-refractivity contribution in [3.05, 3.63) is 71.2 Å². The minimum atomic E-state index is 0.159. The number of carbonyl (C=O) groups is 1. The predicted octanol–water partition coefficient (Wildman–Crippen LogP) is 4.92. The highest BCUT2D eigenvalue weighted by atomic mass is 32.1. The fourth-order valence-electron chi connectivity index (χ4n) is 4.04. The van der Waals surface area contributed by atoms with Gasteiger partial charge in [-0.2, -0.15) is 0 Å². The quantitative estimate of drug-likeness (QED) is 0.504. The molecule has 0 radical (unpaired) electrons. The summed E-state index contributed by atoms with van der Waals surface area (Å²) in [4.78, 5) is 19.6. The first kappa shape index (κ1) is 22.5. The molecule has 2 aromatic carbocycles. The summed E-state index contributed by atoms with van der Waals surface area (Å²) in [5.74, 6) is 1.05. The lowest BCUT2D eigenvalue weighted by molar-refractivity contribution is -0.122. The van der Waals surface area contributed by atoms with Crippen molar-refractivity contribution in [2.24, 2.45) is 0 Å². The van der Waals surface area contributed by atoms with E-state index in [1.54, 1.807) is 11.3 Å². The van der Waals surface area contributed by atoms with Gasteiger partial charge in [0, 0.05) is 43.0 Å². The number of nitrogens with zero attached hydrogens (tertiary/aromatic N) is 2. The van der Waals surface area contributed by atoms with Gasteiger partial charge in [-0.3, -0.25) is 9.69 Å². The average molecular weight is 450 g/mol. The van der Waals surface area contributed by atoms with Crippen molar-refractivity contribution in [3.63, 3.8) is 0 Å². The summed E-state index contributed by atoms with van der Waals surface area (Å²) in [6.45, 7) is 5.50. The standard InChI is InChI=1S/C26H31N3O2S/c1-2-31-24-11-9-21(10-12-24)26-28-23(19-32-26)18-29-16-14-22(15-17-29)27-25(30)13-8-20-6-4-3-5-7-20/h3-7,9-12,19,22H,2,8,13-18H2,1H3,(H,27,30). The molecular formula is C26H31N3O2S. The second kappa shape index (κ2) is 11.2. The van der Waals surface area contributed by atoms with Gasteiger partial charge in [-0.15, -0.1) is 11.3 Å². The Labute approximate surface area is 194 Å². The summed E-state index contributed by atoms with van der Waals surface area (Å²) < 4.78 is 5.52. The van der Waals surface area contributed by atoms with Gasteiger partial charge in [0.1, 0.15) is 10.8 Å². The van der Waals surface area contributed by atoms with Crippen LogP contribution in [0.2, 0.25) is 0 Å². The summed E-state index contributed by atoms with van der Waals surface area (Å²) in [5, 5.41) is 6.42. The molecule has 1 fully saturated rings. The molecule has 1 aromatic heterocycles. The Morgan fingerprint density at radius 2 is 1.88 bits per heavy atom.